The summed E-state index contributed by atoms with van der Waals surface area (Å²) in [5.74, 6) is -0.815. The van der Waals surface area contributed by atoms with Crippen molar-refractivity contribution < 1.29 is 23.9 Å². The van der Waals surface area contributed by atoms with Gasteiger partial charge in [0, 0.05) is 10.7 Å². The van der Waals surface area contributed by atoms with Crippen molar-refractivity contribution in [1.29, 1.82) is 0 Å². The van der Waals surface area contributed by atoms with Crippen LogP contribution in [0.3, 0.4) is 0 Å². The van der Waals surface area contributed by atoms with Gasteiger partial charge in [0.05, 0.1) is 10.6 Å². The monoisotopic (exact) mass is 528 g/mol. The molecule has 2 atom stereocenters. The van der Waals surface area contributed by atoms with Crippen LogP contribution >= 0.6 is 23.2 Å². The number of hydrogen-bond acceptors (Lipinski definition) is 5. The Morgan fingerprint density at radius 2 is 1.47 bits per heavy atom. The summed E-state index contributed by atoms with van der Waals surface area (Å²) in [6.07, 6.45) is -1.10. The zero-order valence-corrected chi connectivity index (χ0v) is 21.5. The number of hydrogen-bond donors (Lipinski definition) is 2. The summed E-state index contributed by atoms with van der Waals surface area (Å²) in [4.78, 5) is 38.1. The Balaban J connectivity index is 1.57. The van der Waals surface area contributed by atoms with Gasteiger partial charge in [-0.1, -0.05) is 55.2 Å². The van der Waals surface area contributed by atoms with Gasteiger partial charge in [-0.25, -0.2) is 4.79 Å². The number of para-hydroxylation sites is 1. The van der Waals surface area contributed by atoms with Crippen molar-refractivity contribution >= 4 is 46.7 Å². The molecular formula is C27H26Cl2N2O5. The summed E-state index contributed by atoms with van der Waals surface area (Å²) < 4.78 is 11.1. The third-order valence-corrected chi connectivity index (χ3v) is 5.69. The van der Waals surface area contributed by atoms with Crippen LogP contribution in [0.4, 0.5) is 5.69 Å². The van der Waals surface area contributed by atoms with Gasteiger partial charge in [-0.05, 0) is 67.4 Å². The van der Waals surface area contributed by atoms with Crippen molar-refractivity contribution in [3.8, 4) is 11.5 Å². The average Bonchev–Trinajstić information content (AvgIpc) is 2.84. The number of carbonyl (C=O) groups excluding carboxylic acids is 3. The Bertz CT molecular complexity index is 1220. The third kappa shape index (κ3) is 7.47. The molecule has 0 radical (unpaired) electrons. The minimum atomic E-state index is -1.10. The molecule has 9 heteroatoms. The zero-order chi connectivity index (χ0) is 26.2. The van der Waals surface area contributed by atoms with Crippen LogP contribution in [0, 0.1) is 5.92 Å². The maximum atomic E-state index is 12.8. The van der Waals surface area contributed by atoms with Crippen LogP contribution in [0.5, 0.6) is 11.5 Å². The van der Waals surface area contributed by atoms with Gasteiger partial charge in [-0.3, -0.25) is 9.59 Å². The lowest BCUT2D eigenvalue weighted by Gasteiger charge is -2.23. The quantitative estimate of drug-likeness (QED) is 0.326. The van der Waals surface area contributed by atoms with Crippen molar-refractivity contribution in [2.45, 2.75) is 32.9 Å². The largest absolute Gasteiger partial charge is 0.457 e. The van der Waals surface area contributed by atoms with Crippen molar-refractivity contribution in [3.05, 3.63) is 88.4 Å². The van der Waals surface area contributed by atoms with Gasteiger partial charge in [0.1, 0.15) is 17.5 Å². The molecule has 0 heterocycles. The highest BCUT2D eigenvalue weighted by Gasteiger charge is 2.29. The second kappa shape index (κ2) is 12.4. The van der Waals surface area contributed by atoms with E-state index < -0.39 is 29.9 Å². The fourth-order valence-electron chi connectivity index (χ4n) is 3.17. The van der Waals surface area contributed by atoms with E-state index in [2.05, 4.69) is 10.6 Å². The molecule has 2 amide bonds. The maximum Gasteiger partial charge on any atom is 0.329 e. The summed E-state index contributed by atoms with van der Waals surface area (Å²) in [6.45, 7) is 4.95. The predicted octanol–water partition coefficient (Wildman–Crippen LogP) is 6.11. The number of nitrogens with one attached hydrogen (secondary N) is 2. The van der Waals surface area contributed by atoms with Crippen LogP contribution < -0.4 is 15.4 Å². The third-order valence-electron chi connectivity index (χ3n) is 5.15. The SMILES string of the molecule is CC(OC(=O)C(NC(=O)c1ccc(Cl)cc1Cl)C(C)C)C(=O)Nc1ccc(Oc2ccccc2)cc1. The van der Waals surface area contributed by atoms with Gasteiger partial charge in [0.15, 0.2) is 6.10 Å². The smallest absolute Gasteiger partial charge is 0.329 e. The van der Waals surface area contributed by atoms with Gasteiger partial charge in [-0.2, -0.15) is 0 Å². The first kappa shape index (κ1) is 27.0. The fraction of sp³-hybridized carbons (Fsp3) is 0.222. The second-order valence-corrected chi connectivity index (χ2v) is 9.17. The molecule has 0 aliphatic rings. The molecule has 0 bridgehead atoms. The number of carbonyl (C=O) groups is 3. The molecule has 36 heavy (non-hydrogen) atoms. The lowest BCUT2D eigenvalue weighted by atomic mass is 10.0. The predicted molar refractivity (Wildman–Crippen MR) is 140 cm³/mol. The van der Waals surface area contributed by atoms with Crippen molar-refractivity contribution in [2.75, 3.05) is 5.32 Å². The number of benzene rings is 3. The number of anilines is 1. The Morgan fingerprint density at radius 3 is 2.08 bits per heavy atom. The molecule has 0 saturated carbocycles. The Morgan fingerprint density at radius 1 is 0.833 bits per heavy atom. The van der Waals surface area contributed by atoms with Crippen LogP contribution in [0.1, 0.15) is 31.1 Å². The molecule has 188 valence electrons. The molecule has 0 aliphatic carbocycles. The van der Waals surface area contributed by atoms with E-state index in [-0.39, 0.29) is 16.5 Å². The number of ether oxygens (including phenoxy) is 2. The number of esters is 1. The van der Waals surface area contributed by atoms with E-state index in [9.17, 15) is 14.4 Å². The van der Waals surface area contributed by atoms with Crippen LogP contribution in [0.15, 0.2) is 72.8 Å². The summed E-state index contributed by atoms with van der Waals surface area (Å²) in [6, 6.07) is 19.5. The second-order valence-electron chi connectivity index (χ2n) is 8.33. The van der Waals surface area contributed by atoms with Gasteiger partial charge >= 0.3 is 5.97 Å². The molecule has 3 aromatic rings. The topological polar surface area (TPSA) is 93.7 Å². The molecule has 2 N–H and O–H groups in total. The van der Waals surface area contributed by atoms with E-state index in [1.54, 1.807) is 38.1 Å². The molecular weight excluding hydrogens is 503 g/mol. The van der Waals surface area contributed by atoms with E-state index in [1.165, 1.54) is 25.1 Å². The van der Waals surface area contributed by atoms with E-state index in [4.69, 9.17) is 32.7 Å². The maximum absolute atomic E-state index is 12.8. The van der Waals surface area contributed by atoms with Crippen LogP contribution in [0.2, 0.25) is 10.0 Å². The average molecular weight is 529 g/mol. The summed E-state index contributed by atoms with van der Waals surface area (Å²) in [5, 5.41) is 5.86. The molecule has 0 aromatic heterocycles. The first-order chi connectivity index (χ1) is 17.1. The van der Waals surface area contributed by atoms with Crippen LogP contribution in [-0.4, -0.2) is 29.9 Å². The summed E-state index contributed by atoms with van der Waals surface area (Å²) in [5.41, 5.74) is 0.680. The van der Waals surface area contributed by atoms with E-state index in [0.29, 0.717) is 22.2 Å². The van der Waals surface area contributed by atoms with Crippen molar-refractivity contribution in [1.82, 2.24) is 5.32 Å². The first-order valence-corrected chi connectivity index (χ1v) is 12.0. The molecule has 3 rings (SSSR count). The van der Waals surface area contributed by atoms with Gasteiger partial charge in [0.2, 0.25) is 0 Å². The minimum absolute atomic E-state index is 0.156. The fourth-order valence-corrected chi connectivity index (χ4v) is 3.66. The van der Waals surface area contributed by atoms with Gasteiger partial charge < -0.3 is 20.1 Å². The van der Waals surface area contributed by atoms with E-state index in [0.717, 1.165) is 0 Å². The van der Waals surface area contributed by atoms with E-state index >= 15 is 0 Å². The number of halogens is 2. The Hall–Kier alpha value is -3.55. The van der Waals surface area contributed by atoms with Crippen LogP contribution in [-0.2, 0) is 14.3 Å². The highest BCUT2D eigenvalue weighted by Crippen LogP contribution is 2.23. The molecule has 2 unspecified atom stereocenters. The lowest BCUT2D eigenvalue weighted by molar-refractivity contribution is -0.156. The van der Waals surface area contributed by atoms with Crippen molar-refractivity contribution in [3.63, 3.8) is 0 Å². The first-order valence-electron chi connectivity index (χ1n) is 11.2. The highest BCUT2D eigenvalue weighted by molar-refractivity contribution is 6.36. The van der Waals surface area contributed by atoms with Crippen LogP contribution in [0.25, 0.3) is 0 Å². The standard InChI is InChI=1S/C27H26Cl2N2O5/c1-16(2)24(31-26(33)22-14-9-18(28)15-23(22)29)27(34)35-17(3)25(32)30-19-10-12-21(13-11-19)36-20-7-5-4-6-8-20/h4-17,24H,1-3H3,(H,30,32)(H,31,33). The Kier molecular flexibility index (Phi) is 9.33. The number of rotatable bonds is 9. The molecule has 0 aliphatic heterocycles. The Labute approximate surface area is 219 Å². The van der Waals surface area contributed by atoms with Crippen molar-refractivity contribution in [2.24, 2.45) is 5.92 Å². The zero-order valence-electron chi connectivity index (χ0n) is 20.0. The molecule has 7 nitrogen and oxygen atoms in total. The minimum Gasteiger partial charge on any atom is -0.457 e. The highest BCUT2D eigenvalue weighted by atomic mass is 35.5. The van der Waals surface area contributed by atoms with Gasteiger partial charge in [-0.15, -0.1) is 0 Å². The molecule has 0 fully saturated rings. The molecule has 0 spiro atoms. The summed E-state index contributed by atoms with van der Waals surface area (Å²) >= 11 is 12.0. The molecule has 0 saturated heterocycles. The van der Waals surface area contributed by atoms with E-state index in [1.807, 2.05) is 30.3 Å². The van der Waals surface area contributed by atoms with Gasteiger partial charge in [0.25, 0.3) is 11.8 Å². The molecule has 3 aromatic carbocycles. The lowest BCUT2D eigenvalue weighted by Crippen LogP contribution is -2.47. The number of amides is 2. The summed E-state index contributed by atoms with van der Waals surface area (Å²) in [7, 11) is 0. The normalized spacial score (nSPS) is 12.4.